The SMILES string of the molecule is CCCNc1nc(NC2(CO)CC2)nc(OCC)n1. The standard InChI is InChI=1S/C12H21N5O2/c1-3-7-13-9-14-10(16-11(15-9)19-4-2)17-12(8-18)5-6-12/h18H,3-8H2,1-2H3,(H2,13,14,15,16,17). The molecule has 2 rings (SSSR count). The fourth-order valence-corrected chi connectivity index (χ4v) is 1.63. The lowest BCUT2D eigenvalue weighted by Crippen LogP contribution is -2.27. The molecule has 3 N–H and O–H groups in total. The number of nitrogens with zero attached hydrogens (tertiary/aromatic N) is 3. The Labute approximate surface area is 112 Å². The third-order valence-corrected chi connectivity index (χ3v) is 2.95. The van der Waals surface area contributed by atoms with E-state index >= 15 is 0 Å². The largest absolute Gasteiger partial charge is 0.464 e. The number of aliphatic hydroxyl groups excluding tert-OH is 1. The summed E-state index contributed by atoms with van der Waals surface area (Å²) in [6, 6.07) is 0.298. The van der Waals surface area contributed by atoms with E-state index in [-0.39, 0.29) is 12.1 Å². The van der Waals surface area contributed by atoms with Gasteiger partial charge in [-0.3, -0.25) is 0 Å². The summed E-state index contributed by atoms with van der Waals surface area (Å²) in [6.45, 7) is 5.33. The highest BCUT2D eigenvalue weighted by atomic mass is 16.5. The maximum Gasteiger partial charge on any atom is 0.323 e. The summed E-state index contributed by atoms with van der Waals surface area (Å²) in [6.07, 6.45) is 2.84. The van der Waals surface area contributed by atoms with Crippen molar-refractivity contribution in [2.75, 3.05) is 30.4 Å². The van der Waals surface area contributed by atoms with Crippen LogP contribution < -0.4 is 15.4 Å². The van der Waals surface area contributed by atoms with Crippen molar-refractivity contribution in [3.8, 4) is 6.01 Å². The van der Waals surface area contributed by atoms with Gasteiger partial charge in [0.05, 0.1) is 18.8 Å². The third kappa shape index (κ3) is 3.66. The predicted octanol–water partition coefficient (Wildman–Crippen LogP) is 1.03. The highest BCUT2D eigenvalue weighted by molar-refractivity contribution is 5.40. The smallest absolute Gasteiger partial charge is 0.323 e. The van der Waals surface area contributed by atoms with Crippen molar-refractivity contribution in [3.63, 3.8) is 0 Å². The molecule has 1 aliphatic carbocycles. The van der Waals surface area contributed by atoms with E-state index in [1.165, 1.54) is 0 Å². The van der Waals surface area contributed by atoms with Crippen molar-refractivity contribution >= 4 is 11.9 Å². The molecule has 7 nitrogen and oxygen atoms in total. The Morgan fingerprint density at radius 2 is 1.95 bits per heavy atom. The molecule has 1 aromatic heterocycles. The summed E-state index contributed by atoms with van der Waals surface area (Å²) >= 11 is 0. The van der Waals surface area contributed by atoms with Crippen molar-refractivity contribution in [2.24, 2.45) is 0 Å². The number of aliphatic hydroxyl groups is 1. The van der Waals surface area contributed by atoms with E-state index in [4.69, 9.17) is 4.74 Å². The van der Waals surface area contributed by atoms with Gasteiger partial charge in [0.1, 0.15) is 0 Å². The van der Waals surface area contributed by atoms with Gasteiger partial charge in [-0.1, -0.05) is 6.92 Å². The zero-order valence-electron chi connectivity index (χ0n) is 11.4. The lowest BCUT2D eigenvalue weighted by Gasteiger charge is -2.15. The Hall–Kier alpha value is -1.63. The van der Waals surface area contributed by atoms with Crippen molar-refractivity contribution in [3.05, 3.63) is 0 Å². The first-order valence-electron chi connectivity index (χ1n) is 6.73. The number of nitrogens with one attached hydrogen (secondary N) is 2. The molecule has 1 aromatic rings. The van der Waals surface area contributed by atoms with E-state index in [1.807, 2.05) is 6.92 Å². The molecule has 1 aliphatic rings. The second-order valence-corrected chi connectivity index (χ2v) is 4.69. The number of hydrogen-bond donors (Lipinski definition) is 3. The Kier molecular flexibility index (Phi) is 4.36. The van der Waals surface area contributed by atoms with Crippen LogP contribution in [0.5, 0.6) is 6.01 Å². The fourth-order valence-electron chi connectivity index (χ4n) is 1.63. The Balaban J connectivity index is 2.13. The lowest BCUT2D eigenvalue weighted by molar-refractivity contribution is 0.265. The molecule has 106 valence electrons. The van der Waals surface area contributed by atoms with Crippen LogP contribution in [0.3, 0.4) is 0 Å². The first-order valence-corrected chi connectivity index (χ1v) is 6.73. The zero-order valence-corrected chi connectivity index (χ0v) is 11.4. The molecule has 0 amide bonds. The first-order chi connectivity index (χ1) is 9.21. The second kappa shape index (κ2) is 6.01. The lowest BCUT2D eigenvalue weighted by atomic mass is 10.3. The average molecular weight is 267 g/mol. The zero-order chi connectivity index (χ0) is 13.7. The summed E-state index contributed by atoms with van der Waals surface area (Å²) < 4.78 is 5.33. The van der Waals surface area contributed by atoms with Crippen molar-refractivity contribution < 1.29 is 9.84 Å². The molecule has 0 spiro atoms. The van der Waals surface area contributed by atoms with E-state index < -0.39 is 0 Å². The molecule has 0 aromatic carbocycles. The van der Waals surface area contributed by atoms with Crippen molar-refractivity contribution in [1.29, 1.82) is 0 Å². The first kappa shape index (κ1) is 13.8. The number of ether oxygens (including phenoxy) is 1. The monoisotopic (exact) mass is 267 g/mol. The van der Waals surface area contributed by atoms with Gasteiger partial charge in [0.15, 0.2) is 0 Å². The molecule has 1 fully saturated rings. The van der Waals surface area contributed by atoms with E-state index in [0.717, 1.165) is 25.8 Å². The van der Waals surface area contributed by atoms with Crippen LogP contribution in [0.2, 0.25) is 0 Å². The van der Waals surface area contributed by atoms with Gasteiger partial charge < -0.3 is 20.5 Å². The fraction of sp³-hybridized carbons (Fsp3) is 0.750. The molecule has 0 aliphatic heterocycles. The number of rotatable bonds is 8. The summed E-state index contributed by atoms with van der Waals surface area (Å²) in [5.74, 6) is 0.945. The van der Waals surface area contributed by atoms with Gasteiger partial charge >= 0.3 is 6.01 Å². The van der Waals surface area contributed by atoms with E-state index in [9.17, 15) is 5.11 Å². The van der Waals surface area contributed by atoms with Crippen LogP contribution in [0.1, 0.15) is 33.1 Å². The van der Waals surface area contributed by atoms with Gasteiger partial charge in [-0.05, 0) is 26.2 Å². The Morgan fingerprint density at radius 3 is 2.53 bits per heavy atom. The van der Waals surface area contributed by atoms with Crippen LogP contribution in [0.15, 0.2) is 0 Å². The minimum atomic E-state index is -0.257. The molecule has 0 unspecified atom stereocenters. The van der Waals surface area contributed by atoms with Crippen molar-refractivity contribution in [1.82, 2.24) is 15.0 Å². The van der Waals surface area contributed by atoms with E-state index in [1.54, 1.807) is 0 Å². The van der Waals surface area contributed by atoms with Gasteiger partial charge in [0, 0.05) is 6.54 Å². The number of hydrogen-bond acceptors (Lipinski definition) is 7. The highest BCUT2D eigenvalue weighted by Gasteiger charge is 2.42. The van der Waals surface area contributed by atoms with Crippen LogP contribution in [0.4, 0.5) is 11.9 Å². The van der Waals surface area contributed by atoms with Crippen molar-refractivity contribution in [2.45, 2.75) is 38.6 Å². The summed E-state index contributed by atoms with van der Waals surface area (Å²) in [5, 5.41) is 15.6. The molecule has 7 heteroatoms. The van der Waals surface area contributed by atoms with Gasteiger partial charge in [-0.2, -0.15) is 15.0 Å². The van der Waals surface area contributed by atoms with Crippen LogP contribution in [-0.4, -0.2) is 45.4 Å². The number of anilines is 2. The van der Waals surface area contributed by atoms with Gasteiger partial charge in [-0.15, -0.1) is 0 Å². The second-order valence-electron chi connectivity index (χ2n) is 4.69. The van der Waals surface area contributed by atoms with Crippen LogP contribution in [0.25, 0.3) is 0 Å². The third-order valence-electron chi connectivity index (χ3n) is 2.95. The average Bonchev–Trinajstić information content (AvgIpc) is 3.17. The molecule has 1 heterocycles. The molecular formula is C12H21N5O2. The van der Waals surface area contributed by atoms with Crippen LogP contribution in [-0.2, 0) is 0 Å². The summed E-state index contributed by atoms with van der Waals surface area (Å²) in [7, 11) is 0. The quantitative estimate of drug-likeness (QED) is 0.647. The topological polar surface area (TPSA) is 92.2 Å². The van der Waals surface area contributed by atoms with Gasteiger partial charge in [0.25, 0.3) is 0 Å². The molecule has 1 saturated carbocycles. The summed E-state index contributed by atoms with van der Waals surface area (Å²) in [4.78, 5) is 12.7. The maximum absolute atomic E-state index is 9.32. The van der Waals surface area contributed by atoms with Gasteiger partial charge in [-0.25, -0.2) is 0 Å². The minimum absolute atomic E-state index is 0.0837. The minimum Gasteiger partial charge on any atom is -0.464 e. The Bertz CT molecular complexity index is 423. The van der Waals surface area contributed by atoms with E-state index in [2.05, 4.69) is 32.5 Å². The molecular weight excluding hydrogens is 246 g/mol. The molecule has 0 atom stereocenters. The van der Waals surface area contributed by atoms with Gasteiger partial charge in [0.2, 0.25) is 11.9 Å². The maximum atomic E-state index is 9.32. The normalized spacial score (nSPS) is 15.9. The highest BCUT2D eigenvalue weighted by Crippen LogP contribution is 2.37. The predicted molar refractivity (Wildman–Crippen MR) is 72.5 cm³/mol. The number of aromatic nitrogens is 3. The molecule has 19 heavy (non-hydrogen) atoms. The molecule has 0 radical (unpaired) electrons. The molecule has 0 saturated heterocycles. The van der Waals surface area contributed by atoms with E-state index in [0.29, 0.717) is 24.5 Å². The van der Waals surface area contributed by atoms with Crippen LogP contribution >= 0.6 is 0 Å². The summed E-state index contributed by atoms with van der Waals surface area (Å²) in [5.41, 5.74) is -0.257. The van der Waals surface area contributed by atoms with Crippen LogP contribution in [0, 0.1) is 0 Å². The molecule has 0 bridgehead atoms. The Morgan fingerprint density at radius 1 is 1.21 bits per heavy atom.